The van der Waals surface area contributed by atoms with E-state index in [0.29, 0.717) is 11.6 Å². The zero-order valence-electron chi connectivity index (χ0n) is 11.0. The first kappa shape index (κ1) is 13.3. The van der Waals surface area contributed by atoms with Crippen molar-refractivity contribution in [3.63, 3.8) is 0 Å². The Hall–Kier alpha value is -2.15. The number of carboxylic acid groups (broad SMARTS) is 1. The quantitative estimate of drug-likeness (QED) is 0.878. The average molecular weight is 265 g/mol. The van der Waals surface area contributed by atoms with E-state index in [9.17, 15) is 4.79 Å². The Kier molecular flexibility index (Phi) is 3.39. The molecule has 2 aromatic rings. The fraction of sp³-hybridized carbons (Fsp3) is 0.417. The van der Waals surface area contributed by atoms with E-state index in [4.69, 9.17) is 14.0 Å². The molecule has 0 spiro atoms. The van der Waals surface area contributed by atoms with Crippen molar-refractivity contribution < 1.29 is 18.8 Å². The topological polar surface area (TPSA) is 92.6 Å². The van der Waals surface area contributed by atoms with Gasteiger partial charge in [-0.2, -0.15) is 4.98 Å². The number of hydrogen-bond acceptors (Lipinski definition) is 6. The summed E-state index contributed by atoms with van der Waals surface area (Å²) in [4.78, 5) is 16.9. The number of aromatic nitrogens is 2. The molecular formula is C12H15N3O4. The minimum atomic E-state index is -1.01. The van der Waals surface area contributed by atoms with Crippen LogP contribution in [0.4, 0.5) is 0 Å². The van der Waals surface area contributed by atoms with E-state index in [1.54, 1.807) is 37.9 Å². The number of furan rings is 1. The molecule has 0 aliphatic rings. The van der Waals surface area contributed by atoms with Crippen molar-refractivity contribution in [3.05, 3.63) is 24.2 Å². The maximum atomic E-state index is 11.1. The van der Waals surface area contributed by atoms with Crippen LogP contribution in [0.5, 0.6) is 0 Å². The van der Waals surface area contributed by atoms with Crippen LogP contribution in [-0.2, 0) is 11.3 Å². The summed E-state index contributed by atoms with van der Waals surface area (Å²) in [6.07, 6.45) is 1.51. The molecule has 7 nitrogen and oxygen atoms in total. The highest BCUT2D eigenvalue weighted by Gasteiger charge is 2.32. The van der Waals surface area contributed by atoms with Crippen LogP contribution in [0.3, 0.4) is 0 Å². The van der Waals surface area contributed by atoms with Gasteiger partial charge in [0.1, 0.15) is 5.54 Å². The van der Waals surface area contributed by atoms with E-state index < -0.39 is 11.5 Å². The van der Waals surface area contributed by atoms with Crippen molar-refractivity contribution in [1.29, 1.82) is 0 Å². The first-order valence-electron chi connectivity index (χ1n) is 5.72. The standard InChI is InChI=1S/C12H15N3O4/c1-12(2,11(16)17)15(3)7-9-13-10(19-14-9)8-5-4-6-18-8/h4-6H,7H2,1-3H3,(H,16,17). The first-order chi connectivity index (χ1) is 8.91. The molecule has 0 fully saturated rings. The number of aliphatic carboxylic acids is 1. The molecular weight excluding hydrogens is 250 g/mol. The van der Waals surface area contributed by atoms with Crippen molar-refractivity contribution in [2.45, 2.75) is 25.9 Å². The smallest absolute Gasteiger partial charge is 0.323 e. The van der Waals surface area contributed by atoms with Gasteiger partial charge in [-0.1, -0.05) is 5.16 Å². The maximum absolute atomic E-state index is 11.1. The molecule has 0 bridgehead atoms. The Labute approximate surface area is 109 Å². The van der Waals surface area contributed by atoms with Crippen molar-refractivity contribution >= 4 is 5.97 Å². The van der Waals surface area contributed by atoms with E-state index in [1.165, 1.54) is 6.26 Å². The van der Waals surface area contributed by atoms with Gasteiger partial charge < -0.3 is 14.0 Å². The van der Waals surface area contributed by atoms with Crippen LogP contribution in [0, 0.1) is 0 Å². The second-order valence-corrected chi connectivity index (χ2v) is 4.71. The summed E-state index contributed by atoms with van der Waals surface area (Å²) in [6.45, 7) is 3.50. The van der Waals surface area contributed by atoms with Crippen LogP contribution in [0.1, 0.15) is 19.7 Å². The van der Waals surface area contributed by atoms with Gasteiger partial charge in [-0.15, -0.1) is 0 Å². The number of carbonyl (C=O) groups is 1. The molecule has 2 heterocycles. The third-order valence-electron chi connectivity index (χ3n) is 3.06. The van der Waals surface area contributed by atoms with Crippen molar-refractivity contribution in [2.75, 3.05) is 7.05 Å². The van der Waals surface area contributed by atoms with Crippen LogP contribution in [0.15, 0.2) is 27.3 Å². The normalized spacial score (nSPS) is 12.0. The largest absolute Gasteiger partial charge is 0.480 e. The lowest BCUT2D eigenvalue weighted by atomic mass is 10.0. The SMILES string of the molecule is CN(Cc1noc(-c2ccco2)n1)C(C)(C)C(=O)O. The molecule has 0 unspecified atom stereocenters. The van der Waals surface area contributed by atoms with Gasteiger partial charge >= 0.3 is 5.97 Å². The van der Waals surface area contributed by atoms with Gasteiger partial charge in [0, 0.05) is 0 Å². The molecule has 0 atom stereocenters. The minimum absolute atomic E-state index is 0.267. The molecule has 2 rings (SSSR count). The molecule has 0 aliphatic carbocycles. The lowest BCUT2D eigenvalue weighted by Crippen LogP contribution is -2.47. The third-order valence-corrected chi connectivity index (χ3v) is 3.06. The van der Waals surface area contributed by atoms with Crippen LogP contribution in [0.25, 0.3) is 11.7 Å². The highest BCUT2D eigenvalue weighted by Crippen LogP contribution is 2.19. The van der Waals surface area contributed by atoms with E-state index in [0.717, 1.165) is 0 Å². The average Bonchev–Trinajstić information content (AvgIpc) is 2.97. The number of carboxylic acids is 1. The molecule has 2 aromatic heterocycles. The molecule has 102 valence electrons. The Balaban J connectivity index is 2.11. The van der Waals surface area contributed by atoms with Gasteiger partial charge in [0.2, 0.25) is 0 Å². The molecule has 0 amide bonds. The molecule has 0 saturated heterocycles. The summed E-state index contributed by atoms with van der Waals surface area (Å²) in [6, 6.07) is 3.43. The van der Waals surface area contributed by atoms with Gasteiger partial charge in [-0.3, -0.25) is 9.69 Å². The maximum Gasteiger partial charge on any atom is 0.323 e. The summed E-state index contributed by atoms with van der Waals surface area (Å²) in [7, 11) is 1.69. The van der Waals surface area contributed by atoms with E-state index in [2.05, 4.69) is 10.1 Å². The van der Waals surface area contributed by atoms with E-state index in [1.807, 2.05) is 0 Å². The van der Waals surface area contributed by atoms with E-state index >= 15 is 0 Å². The Morgan fingerprint density at radius 2 is 2.26 bits per heavy atom. The summed E-state index contributed by atoms with van der Waals surface area (Å²) in [5, 5.41) is 12.9. The predicted octanol–water partition coefficient (Wildman–Crippen LogP) is 1.62. The van der Waals surface area contributed by atoms with Gasteiger partial charge in [-0.25, -0.2) is 0 Å². The number of rotatable bonds is 5. The second kappa shape index (κ2) is 4.85. The molecule has 1 N–H and O–H groups in total. The lowest BCUT2D eigenvalue weighted by Gasteiger charge is -2.30. The molecule has 0 radical (unpaired) electrons. The highest BCUT2D eigenvalue weighted by atomic mass is 16.5. The lowest BCUT2D eigenvalue weighted by molar-refractivity contribution is -0.148. The summed E-state index contributed by atoms with van der Waals surface area (Å²) in [5.41, 5.74) is -1.01. The summed E-state index contributed by atoms with van der Waals surface area (Å²) < 4.78 is 10.2. The van der Waals surface area contributed by atoms with Crippen molar-refractivity contribution in [1.82, 2.24) is 15.0 Å². The van der Waals surface area contributed by atoms with Crippen LogP contribution >= 0.6 is 0 Å². The molecule has 0 saturated carbocycles. The van der Waals surface area contributed by atoms with Crippen molar-refractivity contribution in [3.8, 4) is 11.7 Å². The molecule has 19 heavy (non-hydrogen) atoms. The fourth-order valence-corrected chi connectivity index (χ4v) is 1.39. The van der Waals surface area contributed by atoms with Gasteiger partial charge in [0.15, 0.2) is 11.6 Å². The van der Waals surface area contributed by atoms with Crippen LogP contribution in [0.2, 0.25) is 0 Å². The Morgan fingerprint density at radius 1 is 1.53 bits per heavy atom. The molecule has 0 aliphatic heterocycles. The molecule has 0 aromatic carbocycles. The zero-order chi connectivity index (χ0) is 14.0. The minimum Gasteiger partial charge on any atom is -0.480 e. The van der Waals surface area contributed by atoms with Gasteiger partial charge in [-0.05, 0) is 33.0 Å². The first-order valence-corrected chi connectivity index (χ1v) is 5.72. The Bertz CT molecular complexity index is 559. The fourth-order valence-electron chi connectivity index (χ4n) is 1.39. The number of likely N-dealkylation sites (N-methyl/N-ethyl adjacent to an activating group) is 1. The molecule has 7 heteroatoms. The summed E-state index contributed by atoms with van der Waals surface area (Å²) in [5.74, 6) is 0.258. The third kappa shape index (κ3) is 2.65. The predicted molar refractivity (Wildman–Crippen MR) is 65.2 cm³/mol. The Morgan fingerprint density at radius 3 is 2.84 bits per heavy atom. The van der Waals surface area contributed by atoms with Crippen LogP contribution in [-0.4, -0.2) is 38.7 Å². The van der Waals surface area contributed by atoms with E-state index in [-0.39, 0.29) is 12.4 Å². The number of hydrogen-bond donors (Lipinski definition) is 1. The monoisotopic (exact) mass is 265 g/mol. The van der Waals surface area contributed by atoms with Gasteiger partial charge in [0.25, 0.3) is 5.89 Å². The highest BCUT2D eigenvalue weighted by molar-refractivity contribution is 5.77. The summed E-state index contributed by atoms with van der Waals surface area (Å²) >= 11 is 0. The number of nitrogens with zero attached hydrogens (tertiary/aromatic N) is 3. The second-order valence-electron chi connectivity index (χ2n) is 4.71. The zero-order valence-corrected chi connectivity index (χ0v) is 11.0. The van der Waals surface area contributed by atoms with Crippen molar-refractivity contribution in [2.24, 2.45) is 0 Å². The van der Waals surface area contributed by atoms with Crippen LogP contribution < -0.4 is 0 Å². The van der Waals surface area contributed by atoms with Gasteiger partial charge in [0.05, 0.1) is 12.8 Å².